The highest BCUT2D eigenvalue weighted by atomic mass is 16.1. The van der Waals surface area contributed by atoms with Gasteiger partial charge < -0.3 is 10.6 Å². The van der Waals surface area contributed by atoms with E-state index < -0.39 is 0 Å². The van der Waals surface area contributed by atoms with E-state index >= 15 is 0 Å². The second-order valence-electron chi connectivity index (χ2n) is 6.14. The molecular weight excluding hydrogens is 200 g/mol. The first-order chi connectivity index (χ1) is 7.76. The van der Waals surface area contributed by atoms with E-state index in [-0.39, 0.29) is 5.91 Å². The zero-order chi connectivity index (χ0) is 11.1. The van der Waals surface area contributed by atoms with E-state index in [0.29, 0.717) is 12.6 Å². The van der Waals surface area contributed by atoms with Crippen LogP contribution in [0.25, 0.3) is 0 Å². The fourth-order valence-electron chi connectivity index (χ4n) is 4.59. The Morgan fingerprint density at radius 3 is 2.19 bits per heavy atom. The number of nitrogens with two attached hydrogens (primary N) is 1. The van der Waals surface area contributed by atoms with Crippen molar-refractivity contribution in [3.8, 4) is 0 Å². The van der Waals surface area contributed by atoms with Gasteiger partial charge in [0, 0.05) is 6.04 Å². The summed E-state index contributed by atoms with van der Waals surface area (Å²) >= 11 is 0. The van der Waals surface area contributed by atoms with Gasteiger partial charge in [-0.3, -0.25) is 4.79 Å². The van der Waals surface area contributed by atoms with E-state index in [1.54, 1.807) is 0 Å². The molecule has 4 aliphatic rings. The maximum atomic E-state index is 11.7. The molecule has 16 heavy (non-hydrogen) atoms. The Balaban J connectivity index is 1.65. The van der Waals surface area contributed by atoms with Crippen LogP contribution in [0.3, 0.4) is 0 Å². The third kappa shape index (κ3) is 1.75. The standard InChI is InChI=1S/C13H22N2O/c1-14-7-12(16)15-13-10-3-8-2-9(5-10)6-11(13)4-8/h8-11,13-14H,2-7H2,1H3,(H,15,16)/p+1. The molecule has 0 unspecified atom stereocenters. The molecule has 0 heterocycles. The predicted molar refractivity (Wildman–Crippen MR) is 61.7 cm³/mol. The third-order valence-electron chi connectivity index (χ3n) is 4.94. The molecule has 0 saturated heterocycles. The highest BCUT2D eigenvalue weighted by Crippen LogP contribution is 2.53. The van der Waals surface area contributed by atoms with Gasteiger partial charge in [-0.25, -0.2) is 0 Å². The number of carbonyl (C=O) groups excluding carboxylic acids is 1. The fourth-order valence-corrected chi connectivity index (χ4v) is 4.59. The minimum absolute atomic E-state index is 0.236. The van der Waals surface area contributed by atoms with Crippen LogP contribution in [0.1, 0.15) is 32.1 Å². The quantitative estimate of drug-likeness (QED) is 0.701. The number of amides is 1. The first-order valence-corrected chi connectivity index (χ1v) is 6.83. The Kier molecular flexibility index (Phi) is 2.66. The molecule has 0 aromatic heterocycles. The largest absolute Gasteiger partial charge is 0.348 e. The molecule has 3 heteroatoms. The average Bonchev–Trinajstić information content (AvgIpc) is 2.23. The molecule has 3 nitrogen and oxygen atoms in total. The Morgan fingerprint density at radius 2 is 1.69 bits per heavy atom. The molecule has 0 aliphatic heterocycles. The Labute approximate surface area is 97.4 Å². The molecule has 0 aromatic carbocycles. The fraction of sp³-hybridized carbons (Fsp3) is 0.923. The van der Waals surface area contributed by atoms with Crippen LogP contribution >= 0.6 is 0 Å². The van der Waals surface area contributed by atoms with Crippen LogP contribution in [-0.2, 0) is 4.79 Å². The van der Waals surface area contributed by atoms with E-state index in [9.17, 15) is 4.79 Å². The van der Waals surface area contributed by atoms with Crippen molar-refractivity contribution in [1.29, 1.82) is 0 Å². The summed E-state index contributed by atoms with van der Waals surface area (Å²) in [7, 11) is 1.95. The van der Waals surface area contributed by atoms with E-state index in [1.807, 2.05) is 12.4 Å². The number of nitrogens with one attached hydrogen (secondary N) is 1. The van der Waals surface area contributed by atoms with Crippen molar-refractivity contribution >= 4 is 5.91 Å². The zero-order valence-corrected chi connectivity index (χ0v) is 10.1. The molecule has 1 amide bonds. The van der Waals surface area contributed by atoms with Gasteiger partial charge in [0.1, 0.15) is 0 Å². The normalized spacial score (nSPS) is 44.7. The smallest absolute Gasteiger partial charge is 0.275 e. The average molecular weight is 223 g/mol. The van der Waals surface area contributed by atoms with Gasteiger partial charge in [0.15, 0.2) is 6.54 Å². The van der Waals surface area contributed by atoms with Crippen molar-refractivity contribution in [2.75, 3.05) is 13.6 Å². The van der Waals surface area contributed by atoms with Gasteiger partial charge >= 0.3 is 0 Å². The third-order valence-corrected chi connectivity index (χ3v) is 4.94. The molecular formula is C13H23N2O+. The van der Waals surface area contributed by atoms with Crippen LogP contribution in [0, 0.1) is 23.7 Å². The summed E-state index contributed by atoms with van der Waals surface area (Å²) in [6, 6.07) is 0.514. The van der Waals surface area contributed by atoms with Crippen LogP contribution in [0.4, 0.5) is 0 Å². The van der Waals surface area contributed by atoms with Crippen molar-refractivity contribution in [3.05, 3.63) is 0 Å². The molecule has 4 rings (SSSR count). The highest BCUT2D eigenvalue weighted by Gasteiger charge is 2.48. The first kappa shape index (κ1) is 10.6. The summed E-state index contributed by atoms with van der Waals surface area (Å²) in [4.78, 5) is 11.7. The van der Waals surface area contributed by atoms with E-state index in [4.69, 9.17) is 0 Å². The van der Waals surface area contributed by atoms with Crippen LogP contribution < -0.4 is 10.6 Å². The molecule has 4 bridgehead atoms. The Bertz CT molecular complexity index is 262. The monoisotopic (exact) mass is 223 g/mol. The number of quaternary nitrogens is 1. The van der Waals surface area contributed by atoms with Crippen molar-refractivity contribution in [1.82, 2.24) is 5.32 Å². The minimum atomic E-state index is 0.236. The molecule has 4 saturated carbocycles. The number of hydrogen-bond acceptors (Lipinski definition) is 1. The highest BCUT2D eigenvalue weighted by molar-refractivity contribution is 5.77. The van der Waals surface area contributed by atoms with E-state index in [2.05, 4.69) is 5.32 Å². The minimum Gasteiger partial charge on any atom is -0.348 e. The van der Waals surface area contributed by atoms with Crippen molar-refractivity contribution < 1.29 is 10.1 Å². The lowest BCUT2D eigenvalue weighted by Gasteiger charge is -2.54. The Morgan fingerprint density at radius 1 is 1.12 bits per heavy atom. The molecule has 4 fully saturated rings. The topological polar surface area (TPSA) is 45.7 Å². The lowest BCUT2D eigenvalue weighted by molar-refractivity contribution is -0.615. The van der Waals surface area contributed by atoms with Gasteiger partial charge in [0.25, 0.3) is 5.91 Å². The molecule has 3 N–H and O–H groups in total. The SMILES string of the molecule is C[NH2+]CC(=O)NC1C2CC3CC(C2)CC1C3. The second kappa shape index (κ2) is 4.02. The van der Waals surface area contributed by atoms with Crippen molar-refractivity contribution in [2.24, 2.45) is 23.7 Å². The number of carbonyl (C=O) groups is 1. The zero-order valence-electron chi connectivity index (χ0n) is 10.1. The van der Waals surface area contributed by atoms with E-state index in [1.165, 1.54) is 32.1 Å². The summed E-state index contributed by atoms with van der Waals surface area (Å²) < 4.78 is 0. The Hall–Kier alpha value is -0.570. The lowest BCUT2D eigenvalue weighted by atomic mass is 9.54. The second-order valence-corrected chi connectivity index (χ2v) is 6.14. The van der Waals surface area contributed by atoms with Crippen LogP contribution in [0.5, 0.6) is 0 Å². The predicted octanol–water partition coefficient (Wildman–Crippen LogP) is 0.120. The summed E-state index contributed by atoms with van der Waals surface area (Å²) in [5.41, 5.74) is 0. The molecule has 0 radical (unpaired) electrons. The van der Waals surface area contributed by atoms with Gasteiger partial charge in [-0.05, 0) is 55.8 Å². The number of hydrogen-bond donors (Lipinski definition) is 2. The number of likely N-dealkylation sites (N-methyl/N-ethyl adjacent to an activating group) is 1. The van der Waals surface area contributed by atoms with Gasteiger partial charge in [0.2, 0.25) is 0 Å². The molecule has 4 aliphatic carbocycles. The molecule has 0 aromatic rings. The van der Waals surface area contributed by atoms with Gasteiger partial charge in [0.05, 0.1) is 7.05 Å². The summed E-state index contributed by atoms with van der Waals surface area (Å²) in [6.07, 6.45) is 7.01. The van der Waals surface area contributed by atoms with Crippen LogP contribution in [-0.4, -0.2) is 25.5 Å². The summed E-state index contributed by atoms with van der Waals surface area (Å²) in [5.74, 6) is 3.83. The molecule has 0 spiro atoms. The summed E-state index contributed by atoms with van der Waals surface area (Å²) in [6.45, 7) is 0.586. The molecule has 0 atom stereocenters. The van der Waals surface area contributed by atoms with Crippen LogP contribution in [0.15, 0.2) is 0 Å². The van der Waals surface area contributed by atoms with Crippen LogP contribution in [0.2, 0.25) is 0 Å². The van der Waals surface area contributed by atoms with Gasteiger partial charge in [-0.1, -0.05) is 0 Å². The molecule has 90 valence electrons. The van der Waals surface area contributed by atoms with Crippen molar-refractivity contribution in [2.45, 2.75) is 38.1 Å². The lowest BCUT2D eigenvalue weighted by Crippen LogP contribution is -2.82. The maximum Gasteiger partial charge on any atom is 0.275 e. The first-order valence-electron chi connectivity index (χ1n) is 6.83. The van der Waals surface area contributed by atoms with Gasteiger partial charge in [-0.2, -0.15) is 0 Å². The van der Waals surface area contributed by atoms with Crippen molar-refractivity contribution in [3.63, 3.8) is 0 Å². The van der Waals surface area contributed by atoms with Gasteiger partial charge in [-0.15, -0.1) is 0 Å². The maximum absolute atomic E-state index is 11.7. The number of rotatable bonds is 3. The van der Waals surface area contributed by atoms with E-state index in [0.717, 1.165) is 23.7 Å². The summed E-state index contributed by atoms with van der Waals surface area (Å²) in [5, 5.41) is 5.24.